The molecule has 0 bridgehead atoms. The van der Waals surface area contributed by atoms with E-state index in [9.17, 15) is 15.0 Å². The van der Waals surface area contributed by atoms with E-state index in [0.29, 0.717) is 6.42 Å². The Kier molecular flexibility index (Phi) is 4.25. The topological polar surface area (TPSA) is 66.8 Å². The van der Waals surface area contributed by atoms with Gasteiger partial charge >= 0.3 is 5.97 Å². The van der Waals surface area contributed by atoms with Gasteiger partial charge in [-0.25, -0.2) is 4.79 Å². The Balaban J connectivity index is 2.48. The second kappa shape index (κ2) is 5.92. The van der Waals surface area contributed by atoms with Crippen LogP contribution in [0.5, 0.6) is 0 Å². The van der Waals surface area contributed by atoms with Gasteiger partial charge in [-0.1, -0.05) is 36.9 Å². The van der Waals surface area contributed by atoms with Gasteiger partial charge in [0.2, 0.25) is 0 Å². The van der Waals surface area contributed by atoms with Crippen molar-refractivity contribution in [3.63, 3.8) is 0 Å². The van der Waals surface area contributed by atoms with E-state index < -0.39 is 18.0 Å². The van der Waals surface area contributed by atoms with Crippen LogP contribution in [0.15, 0.2) is 53.8 Å². The minimum absolute atomic E-state index is 0.167. The summed E-state index contributed by atoms with van der Waals surface area (Å²) in [4.78, 5) is 12.1. The van der Waals surface area contributed by atoms with Crippen LogP contribution in [0.1, 0.15) is 24.8 Å². The van der Waals surface area contributed by atoms with Crippen LogP contribution in [0.3, 0.4) is 0 Å². The third-order valence-corrected chi connectivity index (χ3v) is 3.47. The molecule has 2 N–H and O–H groups in total. The average molecular weight is 274 g/mol. The summed E-state index contributed by atoms with van der Waals surface area (Å²) in [5.74, 6) is -1.21. The number of aliphatic hydroxyl groups is 2. The van der Waals surface area contributed by atoms with Crippen molar-refractivity contribution >= 4 is 5.97 Å². The predicted molar refractivity (Wildman–Crippen MR) is 75.2 cm³/mol. The third kappa shape index (κ3) is 2.60. The molecule has 0 amide bonds. The molecule has 2 atom stereocenters. The minimum atomic E-state index is -0.863. The highest BCUT2D eigenvalue weighted by Gasteiger charge is 2.36. The number of aliphatic hydroxyl groups excluding tert-OH is 2. The number of ether oxygens (including phenoxy) is 1. The van der Waals surface area contributed by atoms with Gasteiger partial charge < -0.3 is 14.9 Å². The Morgan fingerprint density at radius 1 is 1.40 bits per heavy atom. The number of carbonyl (C=O) groups is 1. The molecule has 0 saturated carbocycles. The Hall–Kier alpha value is -2.07. The van der Waals surface area contributed by atoms with Crippen molar-refractivity contribution in [1.82, 2.24) is 0 Å². The molecular formula is C16H18O4. The molecule has 2 rings (SSSR count). The fourth-order valence-electron chi connectivity index (χ4n) is 2.42. The molecule has 20 heavy (non-hydrogen) atoms. The predicted octanol–water partition coefficient (Wildman–Crippen LogP) is 2.47. The number of carbonyl (C=O) groups excluding carboxylic acids is 1. The van der Waals surface area contributed by atoms with Crippen LogP contribution in [0, 0.1) is 0 Å². The first-order chi connectivity index (χ1) is 9.56. The van der Waals surface area contributed by atoms with Crippen LogP contribution in [0.2, 0.25) is 0 Å². The number of benzene rings is 1. The second-order valence-corrected chi connectivity index (χ2v) is 4.72. The Labute approximate surface area is 118 Å². The standard InChI is InChI=1S/C16H18O4/c1-3-20-16(19)14-12(11-7-5-4-6-8-11)9-13(17)10(2)15(14)18/h4-8,12-13,17-18H,2-3,9H2,1H3/t12-,13+/m0/s1. The largest absolute Gasteiger partial charge is 0.507 e. The normalized spacial score (nSPS) is 22.8. The first kappa shape index (κ1) is 14.3. The number of esters is 1. The molecule has 0 aromatic heterocycles. The molecule has 106 valence electrons. The van der Waals surface area contributed by atoms with Gasteiger partial charge in [0, 0.05) is 11.5 Å². The van der Waals surface area contributed by atoms with Crippen molar-refractivity contribution in [3.8, 4) is 0 Å². The van der Waals surface area contributed by atoms with Gasteiger partial charge in [0.05, 0.1) is 18.3 Å². The van der Waals surface area contributed by atoms with E-state index in [2.05, 4.69) is 6.58 Å². The lowest BCUT2D eigenvalue weighted by atomic mass is 9.78. The number of hydrogen-bond acceptors (Lipinski definition) is 4. The molecule has 0 fully saturated rings. The molecule has 0 saturated heterocycles. The summed E-state index contributed by atoms with van der Waals surface area (Å²) in [5, 5.41) is 20.1. The summed E-state index contributed by atoms with van der Waals surface area (Å²) in [6, 6.07) is 9.29. The number of hydrogen-bond donors (Lipinski definition) is 2. The maximum absolute atomic E-state index is 12.1. The van der Waals surface area contributed by atoms with Crippen molar-refractivity contribution in [3.05, 3.63) is 59.4 Å². The van der Waals surface area contributed by atoms with Gasteiger partial charge in [-0.2, -0.15) is 0 Å². The quantitative estimate of drug-likeness (QED) is 0.831. The summed E-state index contributed by atoms with van der Waals surface area (Å²) < 4.78 is 5.01. The number of rotatable bonds is 3. The lowest BCUT2D eigenvalue weighted by Crippen LogP contribution is -2.28. The lowest BCUT2D eigenvalue weighted by Gasteiger charge is -2.29. The van der Waals surface area contributed by atoms with E-state index in [-0.39, 0.29) is 23.5 Å². The van der Waals surface area contributed by atoms with Gasteiger partial charge in [0.1, 0.15) is 5.76 Å². The summed E-state index contributed by atoms with van der Waals surface area (Å²) in [7, 11) is 0. The van der Waals surface area contributed by atoms with Gasteiger partial charge in [0.25, 0.3) is 0 Å². The van der Waals surface area contributed by atoms with E-state index in [1.807, 2.05) is 30.3 Å². The van der Waals surface area contributed by atoms with Crippen LogP contribution >= 0.6 is 0 Å². The van der Waals surface area contributed by atoms with Crippen molar-refractivity contribution in [2.75, 3.05) is 6.61 Å². The molecular weight excluding hydrogens is 256 g/mol. The van der Waals surface area contributed by atoms with E-state index in [4.69, 9.17) is 4.74 Å². The second-order valence-electron chi connectivity index (χ2n) is 4.72. The maximum atomic E-state index is 12.1. The zero-order valence-electron chi connectivity index (χ0n) is 11.4. The van der Waals surface area contributed by atoms with E-state index >= 15 is 0 Å². The molecule has 0 heterocycles. The Morgan fingerprint density at radius 2 is 2.05 bits per heavy atom. The highest BCUT2D eigenvalue weighted by atomic mass is 16.5. The van der Waals surface area contributed by atoms with Gasteiger partial charge in [0.15, 0.2) is 0 Å². The van der Waals surface area contributed by atoms with E-state index in [0.717, 1.165) is 5.56 Å². The molecule has 4 nitrogen and oxygen atoms in total. The molecule has 4 heteroatoms. The van der Waals surface area contributed by atoms with Gasteiger partial charge in [-0.15, -0.1) is 0 Å². The minimum Gasteiger partial charge on any atom is -0.507 e. The first-order valence-corrected chi connectivity index (χ1v) is 6.58. The molecule has 1 aliphatic carbocycles. The van der Waals surface area contributed by atoms with Crippen LogP contribution in [0.4, 0.5) is 0 Å². The summed E-state index contributed by atoms with van der Waals surface area (Å²) in [6.07, 6.45) is -0.556. The summed E-state index contributed by atoms with van der Waals surface area (Å²) in [6.45, 7) is 5.57. The van der Waals surface area contributed by atoms with Crippen molar-refractivity contribution < 1.29 is 19.7 Å². The lowest BCUT2D eigenvalue weighted by molar-refractivity contribution is -0.139. The Morgan fingerprint density at radius 3 is 2.65 bits per heavy atom. The van der Waals surface area contributed by atoms with Crippen molar-refractivity contribution in [2.45, 2.75) is 25.4 Å². The molecule has 0 unspecified atom stereocenters. The first-order valence-electron chi connectivity index (χ1n) is 6.58. The fraction of sp³-hybridized carbons (Fsp3) is 0.312. The molecule has 0 aliphatic heterocycles. The maximum Gasteiger partial charge on any atom is 0.338 e. The SMILES string of the molecule is C=C1C(O)=C(C(=O)OCC)[C@H](c2ccccc2)C[C@H]1O. The zero-order chi connectivity index (χ0) is 14.7. The molecule has 0 radical (unpaired) electrons. The highest BCUT2D eigenvalue weighted by Crippen LogP contribution is 2.39. The zero-order valence-corrected chi connectivity index (χ0v) is 11.4. The van der Waals surface area contributed by atoms with Crippen LogP contribution < -0.4 is 0 Å². The monoisotopic (exact) mass is 274 g/mol. The molecule has 1 aromatic carbocycles. The molecule has 1 aliphatic rings. The van der Waals surface area contributed by atoms with Crippen molar-refractivity contribution in [2.24, 2.45) is 0 Å². The van der Waals surface area contributed by atoms with Crippen LogP contribution in [-0.2, 0) is 9.53 Å². The molecule has 1 aromatic rings. The van der Waals surface area contributed by atoms with Gasteiger partial charge in [-0.05, 0) is 18.9 Å². The van der Waals surface area contributed by atoms with Gasteiger partial charge in [-0.3, -0.25) is 0 Å². The summed E-state index contributed by atoms with van der Waals surface area (Å²) in [5.41, 5.74) is 1.20. The van der Waals surface area contributed by atoms with E-state index in [1.165, 1.54) is 0 Å². The fourth-order valence-corrected chi connectivity index (χ4v) is 2.42. The summed E-state index contributed by atoms with van der Waals surface area (Å²) >= 11 is 0. The average Bonchev–Trinajstić information content (AvgIpc) is 2.45. The third-order valence-electron chi connectivity index (χ3n) is 3.47. The highest BCUT2D eigenvalue weighted by molar-refractivity contribution is 5.92. The smallest absolute Gasteiger partial charge is 0.338 e. The van der Waals surface area contributed by atoms with Crippen LogP contribution in [0.25, 0.3) is 0 Å². The van der Waals surface area contributed by atoms with Crippen molar-refractivity contribution in [1.29, 1.82) is 0 Å². The molecule has 0 spiro atoms. The van der Waals surface area contributed by atoms with Crippen LogP contribution in [-0.4, -0.2) is 28.9 Å². The van der Waals surface area contributed by atoms with E-state index in [1.54, 1.807) is 6.92 Å². The Bertz CT molecular complexity index is 545.